The minimum absolute atomic E-state index is 0.203. The topological polar surface area (TPSA) is 81.3 Å². The molecule has 0 saturated carbocycles. The molecule has 1 atom stereocenters. The van der Waals surface area contributed by atoms with E-state index in [4.69, 9.17) is 22.1 Å². The minimum Gasteiger partial charge on any atom is -0.369 e. The number of aromatic nitrogens is 2. The van der Waals surface area contributed by atoms with Gasteiger partial charge in [-0.2, -0.15) is 0 Å². The summed E-state index contributed by atoms with van der Waals surface area (Å²) in [6, 6.07) is 14.9. The van der Waals surface area contributed by atoms with E-state index in [-0.39, 0.29) is 6.10 Å². The zero-order valence-corrected chi connectivity index (χ0v) is 16.5. The first kappa shape index (κ1) is 19.5. The molecule has 3 aromatic rings. The fourth-order valence-electron chi connectivity index (χ4n) is 3.48. The average Bonchev–Trinajstić information content (AvgIpc) is 2.76. The summed E-state index contributed by atoms with van der Waals surface area (Å²) >= 11 is 6.32. The maximum atomic E-state index is 11.3. The normalized spacial score (nSPS) is 17.2. The summed E-state index contributed by atoms with van der Waals surface area (Å²) in [6.07, 6.45) is 3.13. The van der Waals surface area contributed by atoms with Crippen LogP contribution in [0.25, 0.3) is 11.3 Å². The van der Waals surface area contributed by atoms with Gasteiger partial charge in [-0.15, -0.1) is 0 Å². The van der Waals surface area contributed by atoms with Gasteiger partial charge in [0.15, 0.2) is 0 Å². The van der Waals surface area contributed by atoms with Crippen molar-refractivity contribution in [3.8, 4) is 11.3 Å². The second-order valence-electron chi connectivity index (χ2n) is 6.92. The molecule has 1 saturated heterocycles. The molecule has 1 aliphatic heterocycles. The largest absolute Gasteiger partial charge is 0.369 e. The highest BCUT2D eigenvalue weighted by molar-refractivity contribution is 6.31. The van der Waals surface area contributed by atoms with Gasteiger partial charge in [0.1, 0.15) is 6.10 Å². The number of amides is 1. The maximum Gasteiger partial charge on any atom is 0.248 e. The van der Waals surface area contributed by atoms with Crippen LogP contribution in [0.3, 0.4) is 0 Å². The van der Waals surface area contributed by atoms with Crippen molar-refractivity contribution in [2.75, 3.05) is 19.7 Å². The number of morpholine rings is 1. The highest BCUT2D eigenvalue weighted by Crippen LogP contribution is 2.30. The Hall–Kier alpha value is -2.80. The van der Waals surface area contributed by atoms with E-state index in [0.717, 1.165) is 40.6 Å². The zero-order chi connectivity index (χ0) is 20.2. The Labute approximate surface area is 174 Å². The van der Waals surface area contributed by atoms with E-state index < -0.39 is 5.91 Å². The molecular formula is C22H21ClN4O2. The average molecular weight is 409 g/mol. The molecule has 1 aliphatic rings. The lowest BCUT2D eigenvalue weighted by atomic mass is 10.0. The minimum atomic E-state index is -0.457. The smallest absolute Gasteiger partial charge is 0.248 e. The lowest BCUT2D eigenvalue weighted by Crippen LogP contribution is -2.38. The zero-order valence-electron chi connectivity index (χ0n) is 15.8. The quantitative estimate of drug-likeness (QED) is 0.699. The van der Waals surface area contributed by atoms with Gasteiger partial charge in [0.2, 0.25) is 5.91 Å². The Balaban J connectivity index is 1.57. The van der Waals surface area contributed by atoms with E-state index in [0.29, 0.717) is 18.7 Å². The molecule has 0 aliphatic carbocycles. The van der Waals surface area contributed by atoms with E-state index in [1.54, 1.807) is 24.5 Å². The van der Waals surface area contributed by atoms with Crippen LogP contribution in [-0.4, -0.2) is 40.5 Å². The van der Waals surface area contributed by atoms with E-state index in [1.165, 1.54) is 0 Å². The summed E-state index contributed by atoms with van der Waals surface area (Å²) in [7, 11) is 0. The van der Waals surface area contributed by atoms with Crippen molar-refractivity contribution in [3.63, 3.8) is 0 Å². The highest BCUT2D eigenvalue weighted by atomic mass is 35.5. The number of rotatable bonds is 5. The molecule has 2 heterocycles. The van der Waals surface area contributed by atoms with Gasteiger partial charge in [-0.1, -0.05) is 41.9 Å². The fraction of sp³-hybridized carbons (Fsp3) is 0.227. The van der Waals surface area contributed by atoms with Crippen LogP contribution in [-0.2, 0) is 11.3 Å². The van der Waals surface area contributed by atoms with E-state index in [1.807, 2.05) is 36.4 Å². The van der Waals surface area contributed by atoms with Crippen LogP contribution >= 0.6 is 11.6 Å². The van der Waals surface area contributed by atoms with Gasteiger partial charge >= 0.3 is 0 Å². The molecule has 4 rings (SSSR count). The molecule has 6 nitrogen and oxygen atoms in total. The number of nitrogens with zero attached hydrogens (tertiary/aromatic N) is 3. The molecule has 1 fully saturated rings. The van der Waals surface area contributed by atoms with E-state index in [2.05, 4.69) is 14.9 Å². The maximum absolute atomic E-state index is 11.3. The van der Waals surface area contributed by atoms with Crippen molar-refractivity contribution in [3.05, 3.63) is 82.8 Å². The van der Waals surface area contributed by atoms with Gasteiger partial charge in [-0.05, 0) is 23.8 Å². The van der Waals surface area contributed by atoms with Crippen molar-refractivity contribution < 1.29 is 9.53 Å². The van der Waals surface area contributed by atoms with Gasteiger partial charge in [-0.3, -0.25) is 19.7 Å². The fourth-order valence-corrected chi connectivity index (χ4v) is 3.67. The molecule has 148 valence electrons. The molecular weight excluding hydrogens is 388 g/mol. The van der Waals surface area contributed by atoms with Crippen LogP contribution in [0.15, 0.2) is 60.9 Å². The Kier molecular flexibility index (Phi) is 5.85. The number of hydrogen-bond acceptors (Lipinski definition) is 5. The summed E-state index contributed by atoms with van der Waals surface area (Å²) in [5.74, 6) is -0.457. The first-order valence-corrected chi connectivity index (χ1v) is 9.78. The first-order chi connectivity index (χ1) is 14.1. The summed E-state index contributed by atoms with van der Waals surface area (Å²) in [5, 5.41) is 0.769. The van der Waals surface area contributed by atoms with Gasteiger partial charge in [0.25, 0.3) is 0 Å². The van der Waals surface area contributed by atoms with Crippen molar-refractivity contribution in [1.82, 2.24) is 14.9 Å². The number of carbonyl (C=O) groups is 1. The van der Waals surface area contributed by atoms with Gasteiger partial charge < -0.3 is 10.5 Å². The number of benzene rings is 2. The molecule has 0 unspecified atom stereocenters. The second-order valence-corrected chi connectivity index (χ2v) is 7.32. The van der Waals surface area contributed by atoms with Gasteiger partial charge in [-0.25, -0.2) is 0 Å². The summed E-state index contributed by atoms with van der Waals surface area (Å²) in [5.41, 5.74) is 9.28. The SMILES string of the molecule is NC(=O)c1ccc(-c2nccnc2[C@@H]2CN(Cc3ccccc3Cl)CCO2)cc1. The van der Waals surface area contributed by atoms with E-state index in [9.17, 15) is 4.79 Å². The molecule has 29 heavy (non-hydrogen) atoms. The van der Waals surface area contributed by atoms with Crippen LogP contribution in [0, 0.1) is 0 Å². The molecule has 2 aromatic carbocycles. The van der Waals surface area contributed by atoms with Crippen molar-refractivity contribution in [2.24, 2.45) is 5.73 Å². The Morgan fingerprint density at radius 1 is 1.14 bits per heavy atom. The van der Waals surface area contributed by atoms with Crippen LogP contribution in [0.5, 0.6) is 0 Å². The summed E-state index contributed by atoms with van der Waals surface area (Å²) < 4.78 is 6.04. The number of carbonyl (C=O) groups excluding carboxylic acids is 1. The monoisotopic (exact) mass is 408 g/mol. The lowest BCUT2D eigenvalue weighted by Gasteiger charge is -2.33. The van der Waals surface area contributed by atoms with E-state index >= 15 is 0 Å². The third kappa shape index (κ3) is 4.45. The number of primary amides is 1. The molecule has 2 N–H and O–H groups in total. The van der Waals surface area contributed by atoms with Crippen molar-refractivity contribution >= 4 is 17.5 Å². The Morgan fingerprint density at radius 3 is 2.66 bits per heavy atom. The predicted octanol–water partition coefficient (Wildman–Crippen LogP) is 3.47. The number of halogens is 1. The van der Waals surface area contributed by atoms with Crippen LogP contribution in [0.1, 0.15) is 27.7 Å². The molecule has 0 bridgehead atoms. The van der Waals surface area contributed by atoms with Crippen LogP contribution in [0.2, 0.25) is 5.02 Å². The number of ether oxygens (including phenoxy) is 1. The van der Waals surface area contributed by atoms with Gasteiger partial charge in [0.05, 0.1) is 18.0 Å². The Bertz CT molecular complexity index is 1010. The second kappa shape index (κ2) is 8.69. The lowest BCUT2D eigenvalue weighted by molar-refractivity contribution is -0.0348. The highest BCUT2D eigenvalue weighted by Gasteiger charge is 2.26. The van der Waals surface area contributed by atoms with Crippen molar-refractivity contribution in [2.45, 2.75) is 12.6 Å². The number of hydrogen-bond donors (Lipinski definition) is 1. The predicted molar refractivity (Wildman–Crippen MR) is 111 cm³/mol. The molecule has 0 radical (unpaired) electrons. The van der Waals surface area contributed by atoms with Gasteiger partial charge in [0, 0.05) is 48.2 Å². The van der Waals surface area contributed by atoms with Crippen molar-refractivity contribution in [1.29, 1.82) is 0 Å². The molecule has 7 heteroatoms. The summed E-state index contributed by atoms with van der Waals surface area (Å²) in [6.45, 7) is 2.87. The van der Waals surface area contributed by atoms with Crippen LogP contribution < -0.4 is 5.73 Å². The molecule has 1 amide bonds. The molecule has 0 spiro atoms. The standard InChI is InChI=1S/C22H21ClN4O2/c23-18-4-2-1-3-17(18)13-27-11-12-29-19(14-27)21-20(25-9-10-26-21)15-5-7-16(8-6-15)22(24)28/h1-10,19H,11-14H2,(H2,24,28)/t19-/m0/s1. The third-order valence-electron chi connectivity index (χ3n) is 4.98. The third-order valence-corrected chi connectivity index (χ3v) is 5.35. The van der Waals surface area contributed by atoms with Crippen LogP contribution in [0.4, 0.5) is 0 Å². The first-order valence-electron chi connectivity index (χ1n) is 9.40. The molecule has 1 aromatic heterocycles. The Morgan fingerprint density at radius 2 is 1.90 bits per heavy atom. The number of nitrogens with two attached hydrogens (primary N) is 1. The summed E-state index contributed by atoms with van der Waals surface area (Å²) in [4.78, 5) is 22.7.